The summed E-state index contributed by atoms with van der Waals surface area (Å²) >= 11 is 0. The standard InChI is InChI=1S/C25H28O2Si/c1-28(2,3)27-25(19-21-13-7-4-8-14-21,20-22-15-9-5-10-16-22)24(26)23-17-11-6-12-18-23/h4-18H,19-20H2,1-3H3. The molecule has 3 rings (SSSR count). The molecule has 2 nitrogen and oxygen atoms in total. The Morgan fingerprint density at radius 1 is 0.714 bits per heavy atom. The number of carbonyl (C=O) groups excluding carboxylic acids is 1. The number of ketones is 1. The minimum atomic E-state index is -2.02. The minimum Gasteiger partial charge on any atom is -0.404 e. The highest BCUT2D eigenvalue weighted by atomic mass is 28.4. The Morgan fingerprint density at radius 3 is 1.50 bits per heavy atom. The molecule has 28 heavy (non-hydrogen) atoms. The molecule has 0 aromatic heterocycles. The van der Waals surface area contributed by atoms with E-state index in [1.807, 2.05) is 66.7 Å². The Kier molecular flexibility index (Phi) is 6.27. The topological polar surface area (TPSA) is 26.3 Å². The second-order valence-corrected chi connectivity index (χ2v) is 12.7. The highest BCUT2D eigenvalue weighted by Crippen LogP contribution is 2.31. The lowest BCUT2D eigenvalue weighted by Gasteiger charge is -2.38. The highest BCUT2D eigenvalue weighted by Gasteiger charge is 2.43. The van der Waals surface area contributed by atoms with Gasteiger partial charge in [-0.15, -0.1) is 0 Å². The lowest BCUT2D eigenvalue weighted by molar-refractivity contribution is 0.0410. The average Bonchev–Trinajstić information content (AvgIpc) is 2.68. The predicted molar refractivity (Wildman–Crippen MR) is 118 cm³/mol. The van der Waals surface area contributed by atoms with E-state index in [4.69, 9.17) is 4.43 Å². The van der Waals surface area contributed by atoms with Gasteiger partial charge >= 0.3 is 0 Å². The lowest BCUT2D eigenvalue weighted by Crippen LogP contribution is -2.52. The maximum Gasteiger partial charge on any atom is 0.194 e. The molecule has 0 bridgehead atoms. The number of Topliss-reactive ketones (excluding diaryl/α,β-unsaturated/α-hetero) is 1. The largest absolute Gasteiger partial charge is 0.404 e. The molecule has 0 heterocycles. The summed E-state index contributed by atoms with van der Waals surface area (Å²) in [5, 5.41) is 0. The molecule has 0 atom stereocenters. The Labute approximate surface area is 169 Å². The van der Waals surface area contributed by atoms with E-state index in [0.717, 1.165) is 11.1 Å². The van der Waals surface area contributed by atoms with Crippen molar-refractivity contribution < 1.29 is 9.22 Å². The second kappa shape index (κ2) is 8.68. The lowest BCUT2D eigenvalue weighted by atomic mass is 9.82. The van der Waals surface area contributed by atoms with Crippen LogP contribution in [0.15, 0.2) is 91.0 Å². The summed E-state index contributed by atoms with van der Waals surface area (Å²) in [6.07, 6.45) is 1.11. The zero-order valence-electron chi connectivity index (χ0n) is 16.9. The maximum atomic E-state index is 13.9. The summed E-state index contributed by atoms with van der Waals surface area (Å²) in [5.41, 5.74) is 2.00. The van der Waals surface area contributed by atoms with E-state index in [2.05, 4.69) is 43.9 Å². The summed E-state index contributed by atoms with van der Waals surface area (Å²) in [5.74, 6) is 0.0585. The van der Waals surface area contributed by atoms with Crippen molar-refractivity contribution in [1.82, 2.24) is 0 Å². The third-order valence-corrected chi connectivity index (χ3v) is 5.62. The van der Waals surface area contributed by atoms with Crippen LogP contribution in [0.5, 0.6) is 0 Å². The zero-order chi connectivity index (χ0) is 20.0. The number of hydrogen-bond acceptors (Lipinski definition) is 2. The molecular weight excluding hydrogens is 360 g/mol. The second-order valence-electron chi connectivity index (χ2n) is 8.23. The number of benzene rings is 3. The Morgan fingerprint density at radius 2 is 1.11 bits per heavy atom. The summed E-state index contributed by atoms with van der Waals surface area (Å²) in [7, 11) is -2.02. The van der Waals surface area contributed by atoms with Crippen LogP contribution in [0.2, 0.25) is 19.6 Å². The quantitative estimate of drug-likeness (QED) is 0.352. The van der Waals surface area contributed by atoms with E-state index >= 15 is 0 Å². The first kappa shape index (κ1) is 20.2. The van der Waals surface area contributed by atoms with E-state index in [1.165, 1.54) is 0 Å². The molecule has 0 spiro atoms. The fourth-order valence-corrected chi connectivity index (χ4v) is 5.04. The first-order chi connectivity index (χ1) is 13.4. The minimum absolute atomic E-state index is 0.0585. The molecule has 0 fully saturated rings. The van der Waals surface area contributed by atoms with E-state index < -0.39 is 13.9 Å². The monoisotopic (exact) mass is 388 g/mol. The Bertz CT molecular complexity index is 843. The fraction of sp³-hybridized carbons (Fsp3) is 0.240. The van der Waals surface area contributed by atoms with Gasteiger partial charge in [0, 0.05) is 18.4 Å². The molecule has 3 aromatic rings. The van der Waals surface area contributed by atoms with Gasteiger partial charge in [-0.1, -0.05) is 91.0 Å². The van der Waals surface area contributed by atoms with Crippen molar-refractivity contribution in [2.45, 2.75) is 38.1 Å². The molecular formula is C25H28O2Si. The third-order valence-electron chi connectivity index (χ3n) is 4.62. The third kappa shape index (κ3) is 5.28. The summed E-state index contributed by atoms with van der Waals surface area (Å²) in [6.45, 7) is 6.45. The van der Waals surface area contributed by atoms with E-state index in [0.29, 0.717) is 18.4 Å². The summed E-state index contributed by atoms with van der Waals surface area (Å²) in [6, 6.07) is 29.9. The first-order valence-electron chi connectivity index (χ1n) is 9.76. The number of hydrogen-bond donors (Lipinski definition) is 0. The van der Waals surface area contributed by atoms with Crippen molar-refractivity contribution in [3.63, 3.8) is 0 Å². The SMILES string of the molecule is C[Si](C)(C)OC(Cc1ccccc1)(Cc1ccccc1)C(=O)c1ccccc1. The van der Waals surface area contributed by atoms with Crippen LogP contribution in [-0.2, 0) is 17.3 Å². The van der Waals surface area contributed by atoms with Gasteiger partial charge in [0.15, 0.2) is 14.1 Å². The Hall–Kier alpha value is -2.49. The highest BCUT2D eigenvalue weighted by molar-refractivity contribution is 6.70. The van der Waals surface area contributed by atoms with Gasteiger partial charge in [0.1, 0.15) is 5.60 Å². The van der Waals surface area contributed by atoms with Crippen LogP contribution < -0.4 is 0 Å². The molecule has 0 aliphatic heterocycles. The van der Waals surface area contributed by atoms with Gasteiger partial charge in [-0.25, -0.2) is 0 Å². The van der Waals surface area contributed by atoms with Crippen LogP contribution in [0.25, 0.3) is 0 Å². The van der Waals surface area contributed by atoms with Gasteiger partial charge in [-0.2, -0.15) is 0 Å². The fourth-order valence-electron chi connectivity index (χ4n) is 3.63. The van der Waals surface area contributed by atoms with Crippen molar-refractivity contribution in [3.8, 4) is 0 Å². The smallest absolute Gasteiger partial charge is 0.194 e. The maximum absolute atomic E-state index is 13.9. The van der Waals surface area contributed by atoms with Crippen LogP contribution >= 0.6 is 0 Å². The molecule has 0 saturated carbocycles. The molecule has 0 radical (unpaired) electrons. The average molecular weight is 389 g/mol. The Balaban J connectivity index is 2.10. The van der Waals surface area contributed by atoms with Crippen molar-refractivity contribution >= 4 is 14.1 Å². The van der Waals surface area contributed by atoms with E-state index in [-0.39, 0.29) is 5.78 Å². The molecule has 0 saturated heterocycles. The van der Waals surface area contributed by atoms with E-state index in [1.54, 1.807) is 0 Å². The molecule has 3 heteroatoms. The van der Waals surface area contributed by atoms with Crippen LogP contribution in [0.1, 0.15) is 21.5 Å². The van der Waals surface area contributed by atoms with Gasteiger partial charge in [-0.05, 0) is 30.8 Å². The molecule has 0 aliphatic carbocycles. The molecule has 144 valence electrons. The van der Waals surface area contributed by atoms with Crippen LogP contribution in [-0.4, -0.2) is 19.7 Å². The van der Waals surface area contributed by atoms with Gasteiger partial charge in [0.05, 0.1) is 0 Å². The van der Waals surface area contributed by atoms with E-state index in [9.17, 15) is 4.79 Å². The van der Waals surface area contributed by atoms with Crippen LogP contribution in [0.4, 0.5) is 0 Å². The van der Waals surface area contributed by atoms with Crippen molar-refractivity contribution in [1.29, 1.82) is 0 Å². The molecule has 0 amide bonds. The van der Waals surface area contributed by atoms with Gasteiger partial charge < -0.3 is 4.43 Å². The number of carbonyl (C=O) groups is 1. The summed E-state index contributed by atoms with van der Waals surface area (Å²) in [4.78, 5) is 13.9. The summed E-state index contributed by atoms with van der Waals surface area (Å²) < 4.78 is 6.74. The van der Waals surface area contributed by atoms with Crippen molar-refractivity contribution in [2.75, 3.05) is 0 Å². The van der Waals surface area contributed by atoms with Gasteiger partial charge in [0.25, 0.3) is 0 Å². The van der Waals surface area contributed by atoms with Crippen LogP contribution in [0.3, 0.4) is 0 Å². The van der Waals surface area contributed by atoms with Crippen molar-refractivity contribution in [2.24, 2.45) is 0 Å². The number of rotatable bonds is 8. The zero-order valence-corrected chi connectivity index (χ0v) is 17.9. The van der Waals surface area contributed by atoms with Crippen molar-refractivity contribution in [3.05, 3.63) is 108 Å². The molecule has 3 aromatic carbocycles. The first-order valence-corrected chi connectivity index (χ1v) is 13.2. The molecule has 0 unspecified atom stereocenters. The molecule has 0 N–H and O–H groups in total. The van der Waals surface area contributed by atoms with Gasteiger partial charge in [0.2, 0.25) is 0 Å². The molecule has 0 aliphatic rings. The van der Waals surface area contributed by atoms with Gasteiger partial charge in [-0.3, -0.25) is 4.79 Å². The normalized spacial score (nSPS) is 12.0. The predicted octanol–water partition coefficient (Wildman–Crippen LogP) is 5.95. The van der Waals surface area contributed by atoms with Crippen LogP contribution in [0, 0.1) is 0 Å².